The summed E-state index contributed by atoms with van der Waals surface area (Å²) in [4.78, 5) is 47.6. The zero-order chi connectivity index (χ0) is 20.6. The molecule has 2 saturated heterocycles. The summed E-state index contributed by atoms with van der Waals surface area (Å²) < 4.78 is 10.7. The van der Waals surface area contributed by atoms with Gasteiger partial charge in [0, 0.05) is 19.1 Å². The molecule has 1 aromatic rings. The second kappa shape index (κ2) is 7.84. The average molecular weight is 424 g/mol. The van der Waals surface area contributed by atoms with Gasteiger partial charge in [-0.2, -0.15) is 0 Å². The van der Waals surface area contributed by atoms with Crippen LogP contribution in [0.15, 0.2) is 24.3 Å². The van der Waals surface area contributed by atoms with Crippen LogP contribution in [0.1, 0.15) is 19.4 Å². The molecule has 28 heavy (non-hydrogen) atoms. The second-order valence-corrected chi connectivity index (χ2v) is 8.20. The molecule has 0 aromatic heterocycles. The average Bonchev–Trinajstić information content (AvgIpc) is 2.92. The van der Waals surface area contributed by atoms with Crippen LogP contribution < -0.4 is 0 Å². The summed E-state index contributed by atoms with van der Waals surface area (Å²) >= 11 is 6.47. The predicted molar refractivity (Wildman–Crippen MR) is 102 cm³/mol. The molecule has 0 N–H and O–H groups in total. The topological polar surface area (TPSA) is 116 Å². The van der Waals surface area contributed by atoms with E-state index in [0.717, 1.165) is 0 Å². The fourth-order valence-corrected chi connectivity index (χ4v) is 5.04. The number of hydrogen-bond acceptors (Lipinski definition) is 9. The zero-order valence-electron chi connectivity index (χ0n) is 14.9. The minimum absolute atomic E-state index is 0.0644. The van der Waals surface area contributed by atoms with E-state index in [1.165, 1.54) is 47.9 Å². The van der Waals surface area contributed by atoms with Crippen LogP contribution in [0, 0.1) is 16.0 Å². The van der Waals surface area contributed by atoms with E-state index in [0.29, 0.717) is 9.76 Å². The molecule has 3 rings (SSSR count). The van der Waals surface area contributed by atoms with Gasteiger partial charge >= 0.3 is 11.9 Å². The molecule has 2 aliphatic heterocycles. The first-order chi connectivity index (χ1) is 13.2. The number of nitro groups is 1. The van der Waals surface area contributed by atoms with Gasteiger partial charge in [-0.3, -0.25) is 19.7 Å². The molecule has 1 aromatic carbocycles. The largest absolute Gasteiger partial charge is 0.462 e. The van der Waals surface area contributed by atoms with Crippen LogP contribution in [0.25, 0.3) is 0 Å². The number of rotatable bonds is 6. The summed E-state index contributed by atoms with van der Waals surface area (Å²) in [6.07, 6.45) is -0.614. The molecule has 1 amide bonds. The van der Waals surface area contributed by atoms with E-state index in [2.05, 4.69) is 0 Å². The van der Waals surface area contributed by atoms with Gasteiger partial charge in [0.2, 0.25) is 5.91 Å². The number of non-ortho nitro benzene ring substituents is 1. The molecule has 0 bridgehead atoms. The number of amides is 1. The number of β-lactam (4-membered cyclic amide) rings is 1. The number of thioether (sulfide) groups is 1. The van der Waals surface area contributed by atoms with Crippen LogP contribution >= 0.6 is 24.0 Å². The van der Waals surface area contributed by atoms with E-state index >= 15 is 0 Å². The van der Waals surface area contributed by atoms with Gasteiger partial charge < -0.3 is 14.4 Å². The molecule has 0 radical (unpaired) electrons. The first-order valence-corrected chi connectivity index (χ1v) is 9.59. The quantitative estimate of drug-likeness (QED) is 0.222. The highest BCUT2D eigenvalue weighted by molar-refractivity contribution is 8.24. The highest BCUT2D eigenvalue weighted by Crippen LogP contribution is 2.47. The summed E-state index contributed by atoms with van der Waals surface area (Å²) in [7, 11) is 0. The Morgan fingerprint density at radius 2 is 2.00 bits per heavy atom. The third kappa shape index (κ3) is 3.72. The number of nitrogens with zero attached hydrogens (tertiary/aromatic N) is 2. The summed E-state index contributed by atoms with van der Waals surface area (Å²) in [6.45, 7) is 2.80. The number of nitro benzene ring substituents is 1. The maximum atomic E-state index is 12.5. The summed E-state index contributed by atoms with van der Waals surface area (Å²) in [5.74, 6) is -2.02. The number of fused-ring (bicyclic) bond motifs is 1. The van der Waals surface area contributed by atoms with Gasteiger partial charge in [0.25, 0.3) is 5.69 Å². The molecule has 0 saturated carbocycles. The van der Waals surface area contributed by atoms with Crippen molar-refractivity contribution >= 4 is 51.7 Å². The van der Waals surface area contributed by atoms with Crippen molar-refractivity contribution in [2.45, 2.75) is 38.0 Å². The number of benzene rings is 1. The maximum absolute atomic E-state index is 12.5. The Kier molecular flexibility index (Phi) is 5.66. The lowest BCUT2D eigenvalue weighted by Gasteiger charge is -2.45. The molecule has 0 spiro atoms. The number of esters is 2. The van der Waals surface area contributed by atoms with Crippen LogP contribution in [0.4, 0.5) is 5.69 Å². The van der Waals surface area contributed by atoms with Crippen molar-refractivity contribution in [2.75, 3.05) is 0 Å². The zero-order valence-corrected chi connectivity index (χ0v) is 16.5. The minimum Gasteiger partial charge on any atom is -0.462 e. The van der Waals surface area contributed by atoms with Crippen molar-refractivity contribution in [3.8, 4) is 0 Å². The smallest absolute Gasteiger partial charge is 0.335 e. The molecule has 3 unspecified atom stereocenters. The van der Waals surface area contributed by atoms with Crippen LogP contribution in [0.3, 0.4) is 0 Å². The molecule has 9 nitrogen and oxygen atoms in total. The number of carbonyl (C=O) groups excluding carboxylic acids is 3. The standard InChI is InChI=1S/C17H16N2O7S2/c1-8(26-9(2)20)12-14(21)18-13(17(27)28-15(12)18)16(22)25-7-10-3-5-11(6-4-10)19(23)24/h3-6,8,12-13,15H,7H2,1-2H3/t8?,12?,13?,15-/m0/s1. The lowest BCUT2D eigenvalue weighted by molar-refractivity contribution is -0.384. The van der Waals surface area contributed by atoms with Gasteiger partial charge in [0.15, 0.2) is 6.04 Å². The molecule has 4 atom stereocenters. The highest BCUT2D eigenvalue weighted by atomic mass is 32.2. The Hall–Kier alpha value is -2.53. The number of thiocarbonyl (C=S) groups is 1. The van der Waals surface area contributed by atoms with E-state index in [9.17, 15) is 24.5 Å². The fourth-order valence-electron chi connectivity index (χ4n) is 3.14. The summed E-state index contributed by atoms with van der Waals surface area (Å²) in [5.41, 5.74) is 0.508. The molecular formula is C17H16N2O7S2. The Balaban J connectivity index is 1.62. The van der Waals surface area contributed by atoms with Crippen molar-refractivity contribution in [3.63, 3.8) is 0 Å². The molecule has 2 aliphatic rings. The monoisotopic (exact) mass is 424 g/mol. The Bertz CT molecular complexity index is 858. The lowest BCUT2D eigenvalue weighted by atomic mass is 9.91. The van der Waals surface area contributed by atoms with Gasteiger partial charge in [0.05, 0.1) is 14.5 Å². The van der Waals surface area contributed by atoms with Gasteiger partial charge in [0.1, 0.15) is 18.6 Å². The minimum atomic E-state index is -0.976. The molecule has 148 valence electrons. The van der Waals surface area contributed by atoms with Crippen LogP contribution in [0.5, 0.6) is 0 Å². The van der Waals surface area contributed by atoms with E-state index in [-0.39, 0.29) is 23.6 Å². The second-order valence-electron chi connectivity index (χ2n) is 6.35. The number of hydrogen-bond donors (Lipinski definition) is 0. The van der Waals surface area contributed by atoms with Gasteiger partial charge in [-0.25, -0.2) is 4.79 Å². The van der Waals surface area contributed by atoms with Crippen molar-refractivity contribution in [2.24, 2.45) is 5.92 Å². The molecule has 0 aliphatic carbocycles. The maximum Gasteiger partial charge on any atom is 0.335 e. The Labute approximate surface area is 169 Å². The van der Waals surface area contributed by atoms with Crippen molar-refractivity contribution in [1.29, 1.82) is 0 Å². The summed E-state index contributed by atoms with van der Waals surface area (Å²) in [6, 6.07) is 4.63. The van der Waals surface area contributed by atoms with E-state index in [4.69, 9.17) is 21.7 Å². The Morgan fingerprint density at radius 3 is 2.57 bits per heavy atom. The first kappa shape index (κ1) is 20.2. The normalized spacial score (nSPS) is 24.2. The summed E-state index contributed by atoms with van der Waals surface area (Å²) in [5, 5.41) is 10.3. The van der Waals surface area contributed by atoms with Gasteiger partial charge in [-0.1, -0.05) is 24.0 Å². The molecule has 2 heterocycles. The van der Waals surface area contributed by atoms with Crippen LogP contribution in [-0.4, -0.2) is 49.4 Å². The molecule has 11 heteroatoms. The third-order valence-electron chi connectivity index (χ3n) is 4.47. The molecule has 2 fully saturated rings. The van der Waals surface area contributed by atoms with Crippen LogP contribution in [0.2, 0.25) is 0 Å². The number of ether oxygens (including phenoxy) is 2. The first-order valence-electron chi connectivity index (χ1n) is 8.30. The predicted octanol–water partition coefficient (Wildman–Crippen LogP) is 1.82. The highest BCUT2D eigenvalue weighted by Gasteiger charge is 2.61. The lowest BCUT2D eigenvalue weighted by Crippen LogP contribution is -2.64. The fraction of sp³-hybridized carbons (Fsp3) is 0.412. The van der Waals surface area contributed by atoms with Crippen molar-refractivity contribution in [1.82, 2.24) is 4.90 Å². The van der Waals surface area contributed by atoms with Crippen molar-refractivity contribution < 1.29 is 28.8 Å². The third-order valence-corrected chi connectivity index (χ3v) is 6.20. The van der Waals surface area contributed by atoms with Crippen LogP contribution in [-0.2, 0) is 30.5 Å². The van der Waals surface area contributed by atoms with E-state index in [1.54, 1.807) is 6.92 Å². The van der Waals surface area contributed by atoms with Gasteiger partial charge in [-0.15, -0.1) is 0 Å². The molecular weight excluding hydrogens is 408 g/mol. The number of carbonyl (C=O) groups is 3. The van der Waals surface area contributed by atoms with Crippen molar-refractivity contribution in [3.05, 3.63) is 39.9 Å². The SMILES string of the molecule is CC(=O)OC(C)C1C(=O)N2C(C(=O)OCc3ccc([N+](=O)[O-])cc3)C(=S)S[C@@H]12. The van der Waals surface area contributed by atoms with E-state index < -0.39 is 34.9 Å². The van der Waals surface area contributed by atoms with Gasteiger partial charge in [-0.05, 0) is 24.6 Å². The van der Waals surface area contributed by atoms with E-state index in [1.807, 2.05) is 0 Å². The Morgan fingerprint density at radius 1 is 1.36 bits per heavy atom.